The number of halogens is 1. The number of urea groups is 1. The van der Waals surface area contributed by atoms with Crippen molar-refractivity contribution in [3.63, 3.8) is 0 Å². The third-order valence-electron chi connectivity index (χ3n) is 8.90. The molecule has 51 heavy (non-hydrogen) atoms. The lowest BCUT2D eigenvalue weighted by Gasteiger charge is -2.35. The summed E-state index contributed by atoms with van der Waals surface area (Å²) >= 11 is 0. The molecule has 2 aliphatic heterocycles. The number of ether oxygens (including phenoxy) is 4. The van der Waals surface area contributed by atoms with Crippen LogP contribution in [0.2, 0.25) is 0 Å². The van der Waals surface area contributed by atoms with Crippen LogP contribution in [-0.2, 0) is 14.8 Å². The monoisotopic (exact) mass is 728 g/mol. The molecule has 2 aliphatic rings. The predicted octanol–water partition coefficient (Wildman–Crippen LogP) is 5.31. The summed E-state index contributed by atoms with van der Waals surface area (Å²) < 4.78 is 64.7. The minimum absolute atomic E-state index is 0.0287. The van der Waals surface area contributed by atoms with Gasteiger partial charge in [0, 0.05) is 50.1 Å². The Morgan fingerprint density at radius 3 is 2.37 bits per heavy atom. The molecule has 0 saturated heterocycles. The van der Waals surface area contributed by atoms with Crippen LogP contribution >= 0.6 is 0 Å². The molecule has 0 fully saturated rings. The Morgan fingerprint density at radius 2 is 1.67 bits per heavy atom. The van der Waals surface area contributed by atoms with Gasteiger partial charge in [0.2, 0.25) is 16.8 Å². The second kappa shape index (κ2) is 16.7. The zero-order valence-corrected chi connectivity index (χ0v) is 30.0. The number of hydrogen-bond acceptors (Lipinski definition) is 9. The number of likely N-dealkylation sites (N-methyl/N-ethyl adjacent to an activating group) is 1. The molecule has 0 aromatic heterocycles. The number of nitrogens with one attached hydrogen (secondary N) is 2. The summed E-state index contributed by atoms with van der Waals surface area (Å²) in [5, 5.41) is 15.8. The number of fused-ring (bicyclic) bond motifs is 2. The van der Waals surface area contributed by atoms with Crippen molar-refractivity contribution >= 4 is 33.3 Å². The summed E-state index contributed by atoms with van der Waals surface area (Å²) in [7, 11) is -2.54. The molecular formula is C36H45FN4O9S. The molecule has 13 nitrogen and oxygen atoms in total. The van der Waals surface area contributed by atoms with Crippen molar-refractivity contribution in [1.82, 2.24) is 9.21 Å². The standard InChI is InChI=1S/C36H45FN4O9S/c1-23-19-41(24(2)21-42)35(43)30-17-27(38-36(44)39-28-11-15-32-33(18-28)49-22-48-32)10-14-31(30)50-25(3)7-5-6-16-47-34(23)20-40(4)51(45,46)29-12-8-26(37)9-13-29/h8-15,17-18,23-25,34,42H,5-7,16,19-22H2,1-4H3,(H2,38,39,44)/t23-,24-,25-,34+/m1/s1. The Bertz CT molecular complexity index is 1790. The lowest BCUT2D eigenvalue weighted by molar-refractivity contribution is -0.00834. The number of benzene rings is 3. The molecule has 0 radical (unpaired) electrons. The maximum atomic E-state index is 14.4. The fraction of sp³-hybridized carbons (Fsp3) is 0.444. The summed E-state index contributed by atoms with van der Waals surface area (Å²) in [6.45, 7) is 5.66. The van der Waals surface area contributed by atoms with Crippen molar-refractivity contribution in [2.24, 2.45) is 5.92 Å². The van der Waals surface area contributed by atoms with Crippen molar-refractivity contribution in [3.8, 4) is 17.2 Å². The molecule has 4 atom stereocenters. The zero-order valence-electron chi connectivity index (χ0n) is 29.1. The topological polar surface area (TPSA) is 156 Å². The van der Waals surface area contributed by atoms with Crippen LogP contribution in [0.5, 0.6) is 17.2 Å². The number of amides is 3. The van der Waals surface area contributed by atoms with Crippen LogP contribution in [0.3, 0.4) is 0 Å². The van der Waals surface area contributed by atoms with E-state index in [0.29, 0.717) is 48.1 Å². The van der Waals surface area contributed by atoms with Gasteiger partial charge in [-0.3, -0.25) is 4.79 Å². The first kappa shape index (κ1) is 37.8. The maximum absolute atomic E-state index is 14.4. The van der Waals surface area contributed by atoms with Crippen LogP contribution in [0.1, 0.15) is 50.4 Å². The zero-order chi connectivity index (χ0) is 36.7. The fourth-order valence-electron chi connectivity index (χ4n) is 5.87. The van der Waals surface area contributed by atoms with Gasteiger partial charge in [-0.2, -0.15) is 4.31 Å². The summed E-state index contributed by atoms with van der Waals surface area (Å²) in [5.74, 6) is 0.0262. The molecule has 276 valence electrons. The largest absolute Gasteiger partial charge is 0.490 e. The lowest BCUT2D eigenvalue weighted by atomic mass is 10.0. The summed E-state index contributed by atoms with van der Waals surface area (Å²) in [5.41, 5.74) is 0.991. The number of hydrogen-bond donors (Lipinski definition) is 3. The van der Waals surface area contributed by atoms with E-state index in [-0.39, 0.29) is 43.1 Å². The van der Waals surface area contributed by atoms with E-state index in [1.807, 2.05) is 13.8 Å². The molecule has 0 aliphatic carbocycles. The van der Waals surface area contributed by atoms with Crippen molar-refractivity contribution in [2.45, 2.75) is 63.2 Å². The molecule has 3 amide bonds. The van der Waals surface area contributed by atoms with Gasteiger partial charge in [-0.25, -0.2) is 17.6 Å². The molecule has 5 rings (SSSR count). The minimum Gasteiger partial charge on any atom is -0.490 e. The second-order valence-electron chi connectivity index (χ2n) is 12.9. The highest BCUT2D eigenvalue weighted by atomic mass is 32.2. The predicted molar refractivity (Wildman–Crippen MR) is 188 cm³/mol. The van der Waals surface area contributed by atoms with Crippen molar-refractivity contribution in [3.05, 3.63) is 72.0 Å². The van der Waals surface area contributed by atoms with Gasteiger partial charge in [0.25, 0.3) is 5.91 Å². The highest BCUT2D eigenvalue weighted by Gasteiger charge is 2.32. The first-order valence-corrected chi connectivity index (χ1v) is 18.3. The van der Waals surface area contributed by atoms with E-state index in [4.69, 9.17) is 18.9 Å². The highest BCUT2D eigenvalue weighted by molar-refractivity contribution is 7.89. The van der Waals surface area contributed by atoms with E-state index in [2.05, 4.69) is 10.6 Å². The Hall–Kier alpha value is -4.44. The van der Waals surface area contributed by atoms with Crippen LogP contribution in [0, 0.1) is 11.7 Å². The molecule has 0 spiro atoms. The van der Waals surface area contributed by atoms with Crippen molar-refractivity contribution < 1.29 is 46.5 Å². The van der Waals surface area contributed by atoms with Crippen LogP contribution in [0.15, 0.2) is 65.6 Å². The first-order valence-electron chi connectivity index (χ1n) is 16.9. The van der Waals surface area contributed by atoms with E-state index in [1.165, 1.54) is 34.5 Å². The summed E-state index contributed by atoms with van der Waals surface area (Å²) in [6, 6.07) is 13.3. The third kappa shape index (κ3) is 9.47. The Morgan fingerprint density at radius 1 is 1.00 bits per heavy atom. The number of anilines is 2. The molecule has 3 aromatic rings. The summed E-state index contributed by atoms with van der Waals surface area (Å²) in [6.07, 6.45) is 1.20. The number of nitrogens with zero attached hydrogens (tertiary/aromatic N) is 2. The maximum Gasteiger partial charge on any atom is 0.323 e. The molecule has 15 heteroatoms. The van der Waals surface area contributed by atoms with E-state index in [9.17, 15) is 27.5 Å². The first-order chi connectivity index (χ1) is 24.3. The Kier molecular flexibility index (Phi) is 12.4. The van der Waals surface area contributed by atoms with Gasteiger partial charge in [-0.15, -0.1) is 0 Å². The molecule has 0 saturated carbocycles. The van der Waals surface area contributed by atoms with Gasteiger partial charge in [0.1, 0.15) is 11.6 Å². The minimum atomic E-state index is -3.97. The number of rotatable bonds is 8. The highest BCUT2D eigenvalue weighted by Crippen LogP contribution is 2.34. The molecule has 0 unspecified atom stereocenters. The average molecular weight is 729 g/mol. The molecular weight excluding hydrogens is 683 g/mol. The van der Waals surface area contributed by atoms with Crippen LogP contribution in [0.4, 0.5) is 20.6 Å². The molecule has 3 aromatic carbocycles. The van der Waals surface area contributed by atoms with Gasteiger partial charge in [0.05, 0.1) is 35.3 Å². The van der Waals surface area contributed by atoms with Gasteiger partial charge in [-0.1, -0.05) is 6.92 Å². The third-order valence-corrected chi connectivity index (χ3v) is 10.7. The number of carbonyl (C=O) groups excluding carboxylic acids is 2. The van der Waals surface area contributed by atoms with E-state index >= 15 is 0 Å². The fourth-order valence-corrected chi connectivity index (χ4v) is 7.05. The van der Waals surface area contributed by atoms with Crippen molar-refractivity contribution in [1.29, 1.82) is 0 Å². The lowest BCUT2D eigenvalue weighted by Crippen LogP contribution is -2.48. The van der Waals surface area contributed by atoms with Gasteiger partial charge >= 0.3 is 6.03 Å². The number of aliphatic hydroxyl groups excluding tert-OH is 1. The number of carbonyl (C=O) groups is 2. The van der Waals surface area contributed by atoms with Gasteiger partial charge in [0.15, 0.2) is 11.5 Å². The van der Waals surface area contributed by atoms with Crippen molar-refractivity contribution in [2.75, 3.05) is 50.8 Å². The van der Waals surface area contributed by atoms with E-state index < -0.39 is 45.8 Å². The Labute approximate surface area is 297 Å². The molecule has 3 N–H and O–H groups in total. The quantitative estimate of drug-likeness (QED) is 0.280. The molecule has 2 heterocycles. The van der Waals surface area contributed by atoms with Gasteiger partial charge < -0.3 is 39.6 Å². The van der Waals surface area contributed by atoms with Crippen LogP contribution in [0.25, 0.3) is 0 Å². The molecule has 0 bridgehead atoms. The summed E-state index contributed by atoms with van der Waals surface area (Å²) in [4.78, 5) is 28.8. The number of aliphatic hydroxyl groups is 1. The average Bonchev–Trinajstić information content (AvgIpc) is 3.57. The SMILES string of the molecule is C[C@@H]1CCCCO[C@@H](CN(C)S(=O)(=O)c2ccc(F)cc2)[C@H](C)CN([C@H](C)CO)C(=O)c2cc(NC(=O)Nc3ccc4c(c3)OCO4)ccc2O1. The van der Waals surface area contributed by atoms with E-state index in [1.54, 1.807) is 37.3 Å². The normalized spacial score (nSPS) is 20.6. The Balaban J connectivity index is 1.39. The number of sulfonamides is 1. The van der Waals surface area contributed by atoms with Crippen LogP contribution < -0.4 is 24.8 Å². The van der Waals surface area contributed by atoms with Crippen LogP contribution in [-0.4, -0.2) is 93.1 Å². The van der Waals surface area contributed by atoms with Gasteiger partial charge in [-0.05, 0) is 87.7 Å². The van der Waals surface area contributed by atoms with E-state index in [0.717, 1.165) is 18.6 Å². The smallest absolute Gasteiger partial charge is 0.323 e. The second-order valence-corrected chi connectivity index (χ2v) is 14.9.